The number of hydrogen-bond donors (Lipinski definition) is 1. The third-order valence-corrected chi connectivity index (χ3v) is 5.20. The Morgan fingerprint density at radius 1 is 1.14 bits per heavy atom. The van der Waals surface area contributed by atoms with E-state index in [1.165, 1.54) is 0 Å². The van der Waals surface area contributed by atoms with Crippen LogP contribution in [0.4, 0.5) is 10.5 Å². The molecule has 150 valence electrons. The molecule has 8 heteroatoms. The molecule has 1 aromatic carbocycles. The van der Waals surface area contributed by atoms with E-state index < -0.39 is 0 Å². The smallest absolute Gasteiger partial charge is 0.321 e. The number of carbonyl (C=O) groups is 1. The molecule has 2 aliphatic heterocycles. The first-order valence-electron chi connectivity index (χ1n) is 9.79. The summed E-state index contributed by atoms with van der Waals surface area (Å²) in [4.78, 5) is 21.2. The fourth-order valence-electron chi connectivity index (χ4n) is 3.61. The highest BCUT2D eigenvalue weighted by atomic mass is 16.7. The largest absolute Gasteiger partial charge is 0.454 e. The third-order valence-electron chi connectivity index (χ3n) is 5.20. The topological polar surface area (TPSA) is 71.9 Å². The molecule has 8 nitrogen and oxygen atoms in total. The van der Waals surface area contributed by atoms with Gasteiger partial charge in [0.2, 0.25) is 6.79 Å². The Morgan fingerprint density at radius 3 is 2.71 bits per heavy atom. The lowest BCUT2D eigenvalue weighted by Crippen LogP contribution is -2.50. The van der Waals surface area contributed by atoms with Crippen LogP contribution in [0.3, 0.4) is 0 Å². The van der Waals surface area contributed by atoms with Gasteiger partial charge in [0, 0.05) is 69.3 Å². The summed E-state index contributed by atoms with van der Waals surface area (Å²) in [5, 5.41) is 2.95. The Hall–Kier alpha value is -2.74. The van der Waals surface area contributed by atoms with Crippen molar-refractivity contribution in [1.29, 1.82) is 0 Å². The van der Waals surface area contributed by atoms with Crippen molar-refractivity contribution in [2.45, 2.75) is 26.3 Å². The zero-order valence-corrected chi connectivity index (χ0v) is 16.4. The van der Waals surface area contributed by atoms with E-state index in [1.54, 1.807) is 6.07 Å². The van der Waals surface area contributed by atoms with Crippen molar-refractivity contribution in [3.8, 4) is 11.5 Å². The van der Waals surface area contributed by atoms with Gasteiger partial charge in [0.25, 0.3) is 0 Å². The molecule has 0 spiro atoms. The van der Waals surface area contributed by atoms with E-state index in [-0.39, 0.29) is 12.8 Å². The van der Waals surface area contributed by atoms with E-state index in [0.717, 1.165) is 50.8 Å². The molecule has 1 aromatic heterocycles. The molecule has 4 rings (SSSR count). The summed E-state index contributed by atoms with van der Waals surface area (Å²) in [6.45, 7) is 9.64. The number of fused-ring (bicyclic) bond motifs is 1. The van der Waals surface area contributed by atoms with Crippen LogP contribution >= 0.6 is 0 Å². The standard InChI is InChI=1S/C20H27N5O3/c1-15(2)19-21-5-6-24(19)10-7-23-8-11-25(12-9-23)20(26)22-16-3-4-17-18(13-16)28-14-27-17/h3-6,13,15H,7-12,14H2,1-2H3,(H,22,26). The molecule has 0 unspecified atom stereocenters. The number of rotatable bonds is 5. The number of nitrogens with one attached hydrogen (secondary N) is 1. The van der Waals surface area contributed by atoms with Crippen LogP contribution in [0.2, 0.25) is 0 Å². The number of nitrogens with zero attached hydrogens (tertiary/aromatic N) is 4. The summed E-state index contributed by atoms with van der Waals surface area (Å²) in [6, 6.07) is 5.37. The van der Waals surface area contributed by atoms with E-state index in [2.05, 4.69) is 33.6 Å². The number of hydrogen-bond acceptors (Lipinski definition) is 5. The van der Waals surface area contributed by atoms with E-state index in [0.29, 0.717) is 17.4 Å². The Kier molecular flexibility index (Phi) is 5.38. The van der Waals surface area contributed by atoms with Crippen LogP contribution in [0.5, 0.6) is 11.5 Å². The van der Waals surface area contributed by atoms with Crippen molar-refractivity contribution < 1.29 is 14.3 Å². The van der Waals surface area contributed by atoms with Crippen molar-refractivity contribution in [1.82, 2.24) is 19.4 Å². The van der Waals surface area contributed by atoms with Gasteiger partial charge in [-0.3, -0.25) is 4.90 Å². The van der Waals surface area contributed by atoms with Gasteiger partial charge in [0.15, 0.2) is 11.5 Å². The van der Waals surface area contributed by atoms with Crippen molar-refractivity contribution in [2.24, 2.45) is 0 Å². The van der Waals surface area contributed by atoms with Crippen LogP contribution in [-0.4, -0.2) is 64.9 Å². The number of amides is 2. The normalized spacial score (nSPS) is 16.6. The van der Waals surface area contributed by atoms with Crippen LogP contribution in [-0.2, 0) is 6.54 Å². The van der Waals surface area contributed by atoms with E-state index in [9.17, 15) is 4.79 Å². The van der Waals surface area contributed by atoms with Crippen molar-refractivity contribution in [2.75, 3.05) is 44.8 Å². The summed E-state index contributed by atoms with van der Waals surface area (Å²) in [7, 11) is 0. The summed E-state index contributed by atoms with van der Waals surface area (Å²) < 4.78 is 12.9. The molecule has 3 heterocycles. The second-order valence-corrected chi connectivity index (χ2v) is 7.46. The minimum absolute atomic E-state index is 0.0739. The highest BCUT2D eigenvalue weighted by Gasteiger charge is 2.22. The second-order valence-electron chi connectivity index (χ2n) is 7.46. The van der Waals surface area contributed by atoms with Crippen LogP contribution < -0.4 is 14.8 Å². The molecule has 0 aliphatic carbocycles. The molecule has 0 atom stereocenters. The number of imidazole rings is 1. The molecule has 0 bridgehead atoms. The average Bonchev–Trinajstić information content (AvgIpc) is 3.35. The first-order chi connectivity index (χ1) is 13.6. The van der Waals surface area contributed by atoms with Gasteiger partial charge in [-0.05, 0) is 12.1 Å². The fraction of sp³-hybridized carbons (Fsp3) is 0.500. The van der Waals surface area contributed by atoms with Gasteiger partial charge in [0.1, 0.15) is 5.82 Å². The fourth-order valence-corrected chi connectivity index (χ4v) is 3.61. The lowest BCUT2D eigenvalue weighted by molar-refractivity contribution is 0.144. The third kappa shape index (κ3) is 4.06. The van der Waals surface area contributed by atoms with Crippen molar-refractivity contribution in [3.05, 3.63) is 36.4 Å². The lowest BCUT2D eigenvalue weighted by Gasteiger charge is -2.34. The number of piperazine rings is 1. The maximum absolute atomic E-state index is 12.6. The molecule has 0 saturated carbocycles. The molecular formula is C20H27N5O3. The molecular weight excluding hydrogens is 358 g/mol. The molecule has 2 amide bonds. The Bertz CT molecular complexity index is 827. The molecule has 0 radical (unpaired) electrons. The van der Waals surface area contributed by atoms with Gasteiger partial charge >= 0.3 is 6.03 Å². The molecule has 2 aliphatic rings. The van der Waals surface area contributed by atoms with Crippen molar-refractivity contribution in [3.63, 3.8) is 0 Å². The van der Waals surface area contributed by atoms with Gasteiger partial charge < -0.3 is 24.3 Å². The van der Waals surface area contributed by atoms with Gasteiger partial charge in [-0.25, -0.2) is 9.78 Å². The number of anilines is 1. The number of carbonyl (C=O) groups excluding carboxylic acids is 1. The maximum atomic E-state index is 12.6. The predicted octanol–water partition coefficient (Wildman–Crippen LogP) is 2.58. The number of urea groups is 1. The quantitative estimate of drug-likeness (QED) is 0.857. The Labute approximate surface area is 165 Å². The summed E-state index contributed by atoms with van der Waals surface area (Å²) in [5.41, 5.74) is 0.720. The first-order valence-corrected chi connectivity index (χ1v) is 9.79. The maximum Gasteiger partial charge on any atom is 0.321 e. The molecule has 2 aromatic rings. The second kappa shape index (κ2) is 8.10. The van der Waals surface area contributed by atoms with Crippen molar-refractivity contribution >= 4 is 11.7 Å². The number of aromatic nitrogens is 2. The van der Waals surface area contributed by atoms with Gasteiger partial charge in [-0.1, -0.05) is 13.8 Å². The van der Waals surface area contributed by atoms with Crippen LogP contribution in [0.15, 0.2) is 30.6 Å². The zero-order chi connectivity index (χ0) is 19.5. The molecule has 1 N–H and O–H groups in total. The van der Waals surface area contributed by atoms with Crippen LogP contribution in [0.25, 0.3) is 0 Å². The summed E-state index contributed by atoms with van der Waals surface area (Å²) in [6.07, 6.45) is 3.91. The van der Waals surface area contributed by atoms with Crippen LogP contribution in [0, 0.1) is 0 Å². The van der Waals surface area contributed by atoms with E-state index >= 15 is 0 Å². The van der Waals surface area contributed by atoms with E-state index in [4.69, 9.17) is 9.47 Å². The van der Waals surface area contributed by atoms with Crippen LogP contribution in [0.1, 0.15) is 25.6 Å². The zero-order valence-electron chi connectivity index (χ0n) is 16.4. The van der Waals surface area contributed by atoms with E-state index in [1.807, 2.05) is 29.4 Å². The van der Waals surface area contributed by atoms with Gasteiger partial charge in [-0.2, -0.15) is 0 Å². The average molecular weight is 385 g/mol. The molecule has 1 fully saturated rings. The minimum atomic E-state index is -0.0739. The molecule has 1 saturated heterocycles. The highest BCUT2D eigenvalue weighted by Crippen LogP contribution is 2.34. The predicted molar refractivity (Wildman–Crippen MR) is 106 cm³/mol. The number of ether oxygens (including phenoxy) is 2. The number of benzene rings is 1. The van der Waals surface area contributed by atoms with Gasteiger partial charge in [0.05, 0.1) is 0 Å². The Morgan fingerprint density at radius 2 is 1.93 bits per heavy atom. The minimum Gasteiger partial charge on any atom is -0.454 e. The molecule has 28 heavy (non-hydrogen) atoms. The monoisotopic (exact) mass is 385 g/mol. The highest BCUT2D eigenvalue weighted by molar-refractivity contribution is 5.89. The summed E-state index contributed by atoms with van der Waals surface area (Å²) >= 11 is 0. The Balaban J connectivity index is 1.24. The summed E-state index contributed by atoms with van der Waals surface area (Å²) in [5.74, 6) is 2.93. The first kappa shape index (κ1) is 18.6. The van der Waals surface area contributed by atoms with Gasteiger partial charge in [-0.15, -0.1) is 0 Å². The lowest BCUT2D eigenvalue weighted by atomic mass is 10.2. The SMILES string of the molecule is CC(C)c1nccn1CCN1CCN(C(=O)Nc2ccc3c(c2)OCO3)CC1.